The Labute approximate surface area is 114 Å². The molecule has 0 spiro atoms. The van der Waals surface area contributed by atoms with Crippen LogP contribution in [0.4, 0.5) is 0 Å². The third-order valence-corrected chi connectivity index (χ3v) is 3.42. The molecule has 5 nitrogen and oxygen atoms in total. The molecule has 0 atom stereocenters. The van der Waals surface area contributed by atoms with Gasteiger partial charge < -0.3 is 9.52 Å². The topological polar surface area (TPSA) is 79.1 Å². The summed E-state index contributed by atoms with van der Waals surface area (Å²) in [5, 5.41) is 17.0. The first-order valence-electron chi connectivity index (χ1n) is 6.41. The molecule has 0 saturated heterocycles. The van der Waals surface area contributed by atoms with Crippen molar-refractivity contribution in [2.75, 3.05) is 0 Å². The van der Waals surface area contributed by atoms with Crippen molar-refractivity contribution in [3.63, 3.8) is 0 Å². The summed E-state index contributed by atoms with van der Waals surface area (Å²) in [6.07, 6.45) is 2.24. The van der Waals surface area contributed by atoms with Crippen molar-refractivity contribution < 1.29 is 9.52 Å². The lowest BCUT2D eigenvalue weighted by molar-refractivity contribution is 0.467. The summed E-state index contributed by atoms with van der Waals surface area (Å²) < 4.78 is 5.67. The molecule has 20 heavy (non-hydrogen) atoms. The van der Waals surface area contributed by atoms with Crippen LogP contribution in [-0.2, 0) is 6.42 Å². The molecule has 1 aromatic carbocycles. The lowest BCUT2D eigenvalue weighted by atomic mass is 10.0. The molecule has 5 heteroatoms. The minimum atomic E-state index is -0.122. The van der Waals surface area contributed by atoms with E-state index in [1.807, 2.05) is 6.92 Å². The summed E-state index contributed by atoms with van der Waals surface area (Å²) >= 11 is 0. The van der Waals surface area contributed by atoms with Gasteiger partial charge in [0, 0.05) is 12.3 Å². The lowest BCUT2D eigenvalue weighted by Gasteiger charge is -2.07. The number of H-pyrrole nitrogens is 1. The van der Waals surface area contributed by atoms with E-state index in [-0.39, 0.29) is 11.2 Å². The van der Waals surface area contributed by atoms with E-state index >= 15 is 0 Å². The fraction of sp³-hybridized carbons (Fsp3) is 0.200. The Morgan fingerprint density at radius 3 is 2.85 bits per heavy atom. The first-order chi connectivity index (χ1) is 9.61. The zero-order chi connectivity index (χ0) is 14.3. The molecule has 3 aromatic rings. The van der Waals surface area contributed by atoms with E-state index < -0.39 is 0 Å². The van der Waals surface area contributed by atoms with E-state index in [2.05, 4.69) is 10.2 Å². The average molecular weight is 270 g/mol. The smallest absolute Gasteiger partial charge is 0.202 e. The number of rotatable bonds is 2. The van der Waals surface area contributed by atoms with Crippen LogP contribution in [0.25, 0.3) is 22.2 Å². The maximum absolute atomic E-state index is 12.6. The Hall–Kier alpha value is -2.56. The van der Waals surface area contributed by atoms with E-state index in [4.69, 9.17) is 4.42 Å². The third-order valence-electron chi connectivity index (χ3n) is 3.42. The van der Waals surface area contributed by atoms with Crippen LogP contribution < -0.4 is 5.43 Å². The summed E-state index contributed by atoms with van der Waals surface area (Å²) in [4.78, 5) is 12.6. The van der Waals surface area contributed by atoms with Crippen molar-refractivity contribution in [3.05, 3.63) is 45.9 Å². The fourth-order valence-electron chi connectivity index (χ4n) is 2.38. The quantitative estimate of drug-likeness (QED) is 0.750. The van der Waals surface area contributed by atoms with E-state index in [0.717, 1.165) is 5.56 Å². The second-order valence-electron chi connectivity index (χ2n) is 4.66. The number of benzene rings is 1. The van der Waals surface area contributed by atoms with E-state index in [9.17, 15) is 9.90 Å². The summed E-state index contributed by atoms with van der Waals surface area (Å²) in [6.45, 7) is 3.65. The molecule has 0 amide bonds. The molecule has 0 aliphatic rings. The molecular weight excluding hydrogens is 256 g/mol. The standard InChI is InChI=1S/C15H14N2O3/c1-3-9-6-10-13(7-12(9)18)20-8(2)14(15(10)19)11-4-5-16-17-11/h4-7,18H,3H2,1-2H3,(H,16,17). The zero-order valence-corrected chi connectivity index (χ0v) is 11.2. The van der Waals surface area contributed by atoms with Crippen LogP contribution in [0.15, 0.2) is 33.6 Å². The summed E-state index contributed by atoms with van der Waals surface area (Å²) in [7, 11) is 0. The fourth-order valence-corrected chi connectivity index (χ4v) is 2.38. The number of nitrogens with zero attached hydrogens (tertiary/aromatic N) is 1. The molecule has 0 aliphatic heterocycles. The molecule has 2 heterocycles. The largest absolute Gasteiger partial charge is 0.508 e. The normalized spacial score (nSPS) is 11.1. The van der Waals surface area contributed by atoms with Crippen molar-refractivity contribution in [1.29, 1.82) is 0 Å². The Balaban J connectivity index is 2.40. The molecule has 0 aliphatic carbocycles. The highest BCUT2D eigenvalue weighted by atomic mass is 16.3. The SMILES string of the molecule is CCc1cc2c(=O)c(-c3ccn[nH]3)c(C)oc2cc1O. The molecule has 0 unspecified atom stereocenters. The second-order valence-corrected chi connectivity index (χ2v) is 4.66. The van der Waals surface area contributed by atoms with Crippen LogP contribution in [0.1, 0.15) is 18.2 Å². The van der Waals surface area contributed by atoms with Gasteiger partial charge in [-0.1, -0.05) is 6.92 Å². The third kappa shape index (κ3) is 1.79. The predicted molar refractivity (Wildman–Crippen MR) is 75.8 cm³/mol. The Bertz CT molecular complexity index is 832. The number of phenolic OH excluding ortho intramolecular Hbond substituents is 1. The summed E-state index contributed by atoms with van der Waals surface area (Å²) in [5.41, 5.74) is 2.10. The van der Waals surface area contributed by atoms with Crippen molar-refractivity contribution >= 4 is 11.0 Å². The maximum atomic E-state index is 12.6. The molecule has 0 radical (unpaired) electrons. The summed E-state index contributed by atoms with van der Waals surface area (Å²) in [5.74, 6) is 0.646. The molecule has 2 N–H and O–H groups in total. The number of nitrogens with one attached hydrogen (secondary N) is 1. The number of hydrogen-bond donors (Lipinski definition) is 2. The number of fused-ring (bicyclic) bond motifs is 1. The molecule has 0 saturated carbocycles. The number of aromatic amines is 1. The van der Waals surface area contributed by atoms with Crippen LogP contribution in [-0.4, -0.2) is 15.3 Å². The van der Waals surface area contributed by atoms with Crippen LogP contribution in [0.5, 0.6) is 5.75 Å². The predicted octanol–water partition coefficient (Wildman–Crippen LogP) is 2.76. The van der Waals surface area contributed by atoms with Gasteiger partial charge in [-0.15, -0.1) is 0 Å². The van der Waals surface area contributed by atoms with Crippen molar-refractivity contribution in [2.24, 2.45) is 0 Å². The van der Waals surface area contributed by atoms with Crippen molar-refractivity contribution in [2.45, 2.75) is 20.3 Å². The van der Waals surface area contributed by atoms with Gasteiger partial charge in [0.15, 0.2) is 0 Å². The van der Waals surface area contributed by atoms with Crippen LogP contribution in [0, 0.1) is 6.92 Å². The van der Waals surface area contributed by atoms with E-state index in [1.165, 1.54) is 6.07 Å². The van der Waals surface area contributed by atoms with Gasteiger partial charge in [0.1, 0.15) is 17.1 Å². The average Bonchev–Trinajstić information content (AvgIpc) is 2.92. The van der Waals surface area contributed by atoms with Gasteiger partial charge in [-0.05, 0) is 31.0 Å². The van der Waals surface area contributed by atoms with Crippen LogP contribution in [0.2, 0.25) is 0 Å². The van der Waals surface area contributed by atoms with Crippen LogP contribution in [0.3, 0.4) is 0 Å². The van der Waals surface area contributed by atoms with E-state index in [0.29, 0.717) is 34.4 Å². The maximum Gasteiger partial charge on any atom is 0.202 e. The first kappa shape index (κ1) is 12.5. The van der Waals surface area contributed by atoms with Crippen molar-refractivity contribution in [3.8, 4) is 17.0 Å². The van der Waals surface area contributed by atoms with Gasteiger partial charge in [-0.25, -0.2) is 0 Å². The Morgan fingerprint density at radius 2 is 2.20 bits per heavy atom. The summed E-state index contributed by atoms with van der Waals surface area (Å²) in [6, 6.07) is 4.92. The number of aromatic nitrogens is 2. The number of aryl methyl sites for hydroxylation is 2. The van der Waals surface area contributed by atoms with Crippen LogP contribution >= 0.6 is 0 Å². The molecule has 0 fully saturated rings. The number of hydrogen-bond acceptors (Lipinski definition) is 4. The van der Waals surface area contributed by atoms with Crippen molar-refractivity contribution in [1.82, 2.24) is 10.2 Å². The van der Waals surface area contributed by atoms with E-state index in [1.54, 1.807) is 25.3 Å². The molecule has 3 rings (SSSR count). The van der Waals surface area contributed by atoms with Gasteiger partial charge in [0.25, 0.3) is 0 Å². The highest BCUT2D eigenvalue weighted by Crippen LogP contribution is 2.27. The Kier molecular flexibility index (Phi) is 2.82. The lowest BCUT2D eigenvalue weighted by Crippen LogP contribution is -2.08. The second kappa shape index (κ2) is 4.52. The van der Waals surface area contributed by atoms with Gasteiger partial charge >= 0.3 is 0 Å². The molecule has 2 aromatic heterocycles. The first-order valence-corrected chi connectivity index (χ1v) is 6.41. The molecule has 0 bridgehead atoms. The zero-order valence-electron chi connectivity index (χ0n) is 11.2. The van der Waals surface area contributed by atoms with Gasteiger partial charge in [0.05, 0.1) is 16.6 Å². The molecular formula is C15H14N2O3. The minimum absolute atomic E-state index is 0.122. The Morgan fingerprint density at radius 1 is 1.40 bits per heavy atom. The highest BCUT2D eigenvalue weighted by molar-refractivity contribution is 5.84. The van der Waals surface area contributed by atoms with Gasteiger partial charge in [0.2, 0.25) is 5.43 Å². The number of phenols is 1. The highest BCUT2D eigenvalue weighted by Gasteiger charge is 2.16. The minimum Gasteiger partial charge on any atom is -0.508 e. The monoisotopic (exact) mass is 270 g/mol. The van der Waals surface area contributed by atoms with Gasteiger partial charge in [-0.2, -0.15) is 5.10 Å². The molecule has 102 valence electrons. The number of aromatic hydroxyl groups is 1. The van der Waals surface area contributed by atoms with Gasteiger partial charge in [-0.3, -0.25) is 9.89 Å².